The van der Waals surface area contributed by atoms with Gasteiger partial charge >= 0.3 is 6.03 Å². The molecule has 0 saturated heterocycles. The van der Waals surface area contributed by atoms with Crippen LogP contribution in [0.2, 0.25) is 0 Å². The predicted octanol–water partition coefficient (Wildman–Crippen LogP) is 2.47. The Kier molecular flexibility index (Phi) is 4.32. The van der Waals surface area contributed by atoms with Gasteiger partial charge in [-0.3, -0.25) is 4.79 Å². The van der Waals surface area contributed by atoms with Crippen molar-refractivity contribution in [2.75, 3.05) is 13.1 Å². The second kappa shape index (κ2) is 6.40. The number of nitrogens with one attached hydrogen (secondary N) is 2. The fourth-order valence-electron chi connectivity index (χ4n) is 3.10. The standard InChI is InChI=1S/C17H20FN3O2/c1-2-3-4-8-21-10-13-14(16(21)22)15(20-17(23)19-13)11-6-5-7-12(18)9-11/h5-7,9,15H,2-4,8,10H2,1H3,(H2,19,20,23)/t15-/m0/s1. The van der Waals surface area contributed by atoms with Crippen molar-refractivity contribution in [3.05, 3.63) is 46.9 Å². The van der Waals surface area contributed by atoms with Gasteiger partial charge in [-0.25, -0.2) is 9.18 Å². The van der Waals surface area contributed by atoms with Crippen LogP contribution in [0.5, 0.6) is 0 Å². The number of halogens is 1. The normalized spacial score (nSPS) is 20.4. The number of rotatable bonds is 5. The maximum absolute atomic E-state index is 13.5. The summed E-state index contributed by atoms with van der Waals surface area (Å²) in [6.45, 7) is 3.20. The molecule has 5 nitrogen and oxygen atoms in total. The Morgan fingerprint density at radius 2 is 2.13 bits per heavy atom. The van der Waals surface area contributed by atoms with Crippen molar-refractivity contribution in [2.24, 2.45) is 0 Å². The number of urea groups is 1. The summed E-state index contributed by atoms with van der Waals surface area (Å²) in [5.41, 5.74) is 1.73. The van der Waals surface area contributed by atoms with Crippen molar-refractivity contribution < 1.29 is 14.0 Å². The van der Waals surface area contributed by atoms with E-state index in [4.69, 9.17) is 0 Å². The highest BCUT2D eigenvalue weighted by molar-refractivity contribution is 6.01. The number of hydrogen-bond donors (Lipinski definition) is 2. The first kappa shape index (κ1) is 15.5. The Bertz CT molecular complexity index is 672. The zero-order valence-corrected chi connectivity index (χ0v) is 13.1. The molecule has 0 bridgehead atoms. The lowest BCUT2D eigenvalue weighted by Gasteiger charge is -2.25. The molecule has 0 unspecified atom stereocenters. The van der Waals surface area contributed by atoms with E-state index in [1.165, 1.54) is 12.1 Å². The molecular formula is C17H20FN3O2. The van der Waals surface area contributed by atoms with Crippen LogP contribution >= 0.6 is 0 Å². The summed E-state index contributed by atoms with van der Waals surface area (Å²) in [7, 11) is 0. The van der Waals surface area contributed by atoms with Gasteiger partial charge in [-0.1, -0.05) is 31.9 Å². The topological polar surface area (TPSA) is 61.4 Å². The van der Waals surface area contributed by atoms with Crippen molar-refractivity contribution in [3.63, 3.8) is 0 Å². The molecule has 0 radical (unpaired) electrons. The van der Waals surface area contributed by atoms with Gasteiger partial charge in [-0.15, -0.1) is 0 Å². The van der Waals surface area contributed by atoms with Crippen molar-refractivity contribution in [1.29, 1.82) is 0 Å². The van der Waals surface area contributed by atoms with Crippen molar-refractivity contribution in [3.8, 4) is 0 Å². The number of nitrogens with zero attached hydrogens (tertiary/aromatic N) is 1. The highest BCUT2D eigenvalue weighted by Crippen LogP contribution is 2.32. The van der Waals surface area contributed by atoms with Crippen LogP contribution in [0.15, 0.2) is 35.5 Å². The number of unbranched alkanes of at least 4 members (excludes halogenated alkanes) is 2. The smallest absolute Gasteiger partial charge is 0.319 e. The summed E-state index contributed by atoms with van der Waals surface area (Å²) in [5.74, 6) is -0.472. The van der Waals surface area contributed by atoms with Crippen LogP contribution in [-0.4, -0.2) is 29.9 Å². The maximum atomic E-state index is 13.5. The third-order valence-electron chi connectivity index (χ3n) is 4.23. The Balaban J connectivity index is 1.86. The van der Waals surface area contributed by atoms with Crippen molar-refractivity contribution in [2.45, 2.75) is 32.2 Å². The molecule has 2 heterocycles. The molecule has 6 heteroatoms. The average Bonchev–Trinajstić information content (AvgIpc) is 2.83. The van der Waals surface area contributed by atoms with E-state index in [0.717, 1.165) is 19.3 Å². The van der Waals surface area contributed by atoms with E-state index in [1.54, 1.807) is 17.0 Å². The Labute approximate surface area is 134 Å². The molecule has 2 aliphatic rings. The zero-order valence-electron chi connectivity index (χ0n) is 13.1. The minimum atomic E-state index is -0.599. The third kappa shape index (κ3) is 3.06. The lowest BCUT2D eigenvalue weighted by atomic mass is 9.96. The SMILES string of the molecule is CCCCCN1CC2=C(C1=O)[C@H](c1cccc(F)c1)NC(=O)N2. The van der Waals surface area contributed by atoms with Gasteiger partial charge in [0.1, 0.15) is 5.82 Å². The first-order valence-electron chi connectivity index (χ1n) is 7.95. The summed E-state index contributed by atoms with van der Waals surface area (Å²) in [6, 6.07) is 5.04. The van der Waals surface area contributed by atoms with E-state index in [9.17, 15) is 14.0 Å². The zero-order chi connectivity index (χ0) is 16.4. The van der Waals surface area contributed by atoms with Crippen LogP contribution in [0.25, 0.3) is 0 Å². The van der Waals surface area contributed by atoms with Gasteiger partial charge in [-0.2, -0.15) is 0 Å². The molecule has 1 aromatic rings. The van der Waals surface area contributed by atoms with Crippen LogP contribution in [0.4, 0.5) is 9.18 Å². The Morgan fingerprint density at radius 1 is 1.30 bits per heavy atom. The molecule has 1 atom stereocenters. The van der Waals surface area contributed by atoms with Crippen LogP contribution in [0.3, 0.4) is 0 Å². The molecule has 0 fully saturated rings. The van der Waals surface area contributed by atoms with Crippen LogP contribution < -0.4 is 10.6 Å². The average molecular weight is 317 g/mol. The van der Waals surface area contributed by atoms with Gasteiger partial charge in [0.15, 0.2) is 0 Å². The van der Waals surface area contributed by atoms with Gasteiger partial charge in [0.05, 0.1) is 23.9 Å². The Hall–Kier alpha value is -2.37. The lowest BCUT2D eigenvalue weighted by molar-refractivity contribution is -0.125. The van der Waals surface area contributed by atoms with Crippen LogP contribution in [0, 0.1) is 5.82 Å². The fourth-order valence-corrected chi connectivity index (χ4v) is 3.10. The summed E-state index contributed by atoms with van der Waals surface area (Å²) < 4.78 is 13.5. The molecule has 3 rings (SSSR count). The van der Waals surface area contributed by atoms with Crippen molar-refractivity contribution in [1.82, 2.24) is 15.5 Å². The largest absolute Gasteiger partial charge is 0.333 e. The molecule has 122 valence electrons. The monoisotopic (exact) mass is 317 g/mol. The molecule has 23 heavy (non-hydrogen) atoms. The Morgan fingerprint density at radius 3 is 2.87 bits per heavy atom. The van der Waals surface area contributed by atoms with Crippen LogP contribution in [0.1, 0.15) is 37.8 Å². The third-order valence-corrected chi connectivity index (χ3v) is 4.23. The number of carbonyl (C=O) groups excluding carboxylic acids is 2. The van der Waals surface area contributed by atoms with E-state index in [2.05, 4.69) is 17.6 Å². The minimum absolute atomic E-state index is 0.0853. The van der Waals surface area contributed by atoms with E-state index < -0.39 is 6.04 Å². The first-order valence-corrected chi connectivity index (χ1v) is 7.95. The number of benzene rings is 1. The molecule has 1 aromatic carbocycles. The van der Waals surface area contributed by atoms with E-state index in [0.29, 0.717) is 29.9 Å². The van der Waals surface area contributed by atoms with E-state index in [-0.39, 0.29) is 17.8 Å². The lowest BCUT2D eigenvalue weighted by Crippen LogP contribution is -2.44. The molecule has 0 aliphatic carbocycles. The summed E-state index contributed by atoms with van der Waals surface area (Å²) in [5, 5.41) is 5.44. The number of carbonyl (C=O) groups is 2. The molecule has 0 aromatic heterocycles. The molecule has 0 saturated carbocycles. The molecule has 2 aliphatic heterocycles. The molecule has 3 amide bonds. The second-order valence-corrected chi connectivity index (χ2v) is 5.91. The predicted molar refractivity (Wildman–Crippen MR) is 83.9 cm³/mol. The number of hydrogen-bond acceptors (Lipinski definition) is 2. The number of amides is 3. The van der Waals surface area contributed by atoms with E-state index in [1.807, 2.05) is 0 Å². The fraction of sp³-hybridized carbons (Fsp3) is 0.412. The van der Waals surface area contributed by atoms with Crippen molar-refractivity contribution >= 4 is 11.9 Å². The quantitative estimate of drug-likeness (QED) is 0.820. The molecule has 0 spiro atoms. The second-order valence-electron chi connectivity index (χ2n) is 5.91. The summed E-state index contributed by atoms with van der Waals surface area (Å²) in [4.78, 5) is 26.3. The summed E-state index contributed by atoms with van der Waals surface area (Å²) in [6.07, 6.45) is 3.08. The highest BCUT2D eigenvalue weighted by Gasteiger charge is 2.40. The van der Waals surface area contributed by atoms with E-state index >= 15 is 0 Å². The van der Waals surface area contributed by atoms with Gasteiger partial charge in [0.25, 0.3) is 5.91 Å². The summed E-state index contributed by atoms with van der Waals surface area (Å²) >= 11 is 0. The molecular weight excluding hydrogens is 297 g/mol. The molecule has 2 N–H and O–H groups in total. The van der Waals surface area contributed by atoms with Gasteiger partial charge in [-0.05, 0) is 24.1 Å². The van der Waals surface area contributed by atoms with Gasteiger partial charge in [0, 0.05) is 6.54 Å². The van der Waals surface area contributed by atoms with Gasteiger partial charge < -0.3 is 15.5 Å². The van der Waals surface area contributed by atoms with Gasteiger partial charge in [0.2, 0.25) is 0 Å². The maximum Gasteiger partial charge on any atom is 0.319 e. The first-order chi connectivity index (χ1) is 11.1. The highest BCUT2D eigenvalue weighted by atomic mass is 19.1. The minimum Gasteiger partial charge on any atom is -0.333 e. The van der Waals surface area contributed by atoms with Crippen LogP contribution in [-0.2, 0) is 4.79 Å².